The highest BCUT2D eigenvalue weighted by Crippen LogP contribution is 2.31. The highest BCUT2D eigenvalue weighted by Gasteiger charge is 2.34. The number of carbonyl (C=O) groups excluding carboxylic acids is 1. The summed E-state index contributed by atoms with van der Waals surface area (Å²) in [4.78, 5) is 34.7. The third kappa shape index (κ3) is 6.18. The highest BCUT2D eigenvalue weighted by atomic mass is 16.4. The van der Waals surface area contributed by atoms with E-state index in [-0.39, 0.29) is 12.0 Å². The van der Waals surface area contributed by atoms with Crippen LogP contribution in [0.25, 0.3) is 0 Å². The van der Waals surface area contributed by atoms with Gasteiger partial charge in [-0.1, -0.05) is 48.6 Å². The van der Waals surface area contributed by atoms with Gasteiger partial charge in [0.15, 0.2) is 0 Å². The number of carboxylic acid groups (broad SMARTS) is 2. The standard InChI is InChI=1S/C12H15NO.C9H10O4/c14-12-6-8-13(9-7-12)10-11-4-2-1-3-5-11;1-9(8(12)13)4-2-3-6(5-9)7(10)11/h1-5H,6-10H2;2-4H,5H2,1H3,(H,10,11)(H,12,13). The first-order valence-electron chi connectivity index (χ1n) is 8.93. The average molecular weight is 371 g/mol. The molecule has 0 amide bonds. The second-order valence-electron chi connectivity index (χ2n) is 7.06. The van der Waals surface area contributed by atoms with Gasteiger partial charge in [0.1, 0.15) is 5.78 Å². The molecule has 1 aromatic carbocycles. The first-order chi connectivity index (χ1) is 12.8. The summed E-state index contributed by atoms with van der Waals surface area (Å²) in [6.07, 6.45) is 5.89. The van der Waals surface area contributed by atoms with Crippen molar-refractivity contribution in [3.05, 3.63) is 59.7 Å². The summed E-state index contributed by atoms with van der Waals surface area (Å²) in [7, 11) is 0. The summed E-state index contributed by atoms with van der Waals surface area (Å²) in [5.74, 6) is -1.65. The van der Waals surface area contributed by atoms with Gasteiger partial charge in [0, 0.05) is 38.0 Å². The predicted octanol–water partition coefficient (Wildman–Crippen LogP) is 2.90. The van der Waals surface area contributed by atoms with Crippen LogP contribution in [0.3, 0.4) is 0 Å². The smallest absolute Gasteiger partial charge is 0.331 e. The summed E-state index contributed by atoms with van der Waals surface area (Å²) >= 11 is 0. The largest absolute Gasteiger partial charge is 0.481 e. The average Bonchev–Trinajstić information content (AvgIpc) is 2.65. The van der Waals surface area contributed by atoms with Crippen LogP contribution in [-0.4, -0.2) is 45.9 Å². The fourth-order valence-corrected chi connectivity index (χ4v) is 2.99. The molecule has 1 aliphatic heterocycles. The van der Waals surface area contributed by atoms with Crippen LogP contribution in [0.2, 0.25) is 0 Å². The highest BCUT2D eigenvalue weighted by molar-refractivity contribution is 5.90. The molecular formula is C21H25NO5. The Balaban J connectivity index is 0.000000194. The van der Waals surface area contributed by atoms with E-state index in [1.165, 1.54) is 30.7 Å². The minimum Gasteiger partial charge on any atom is -0.481 e. The molecule has 144 valence electrons. The van der Waals surface area contributed by atoms with Crippen molar-refractivity contribution in [3.8, 4) is 0 Å². The molecule has 1 aliphatic carbocycles. The van der Waals surface area contributed by atoms with Gasteiger partial charge in [-0.2, -0.15) is 0 Å². The van der Waals surface area contributed by atoms with Crippen LogP contribution < -0.4 is 0 Å². The number of carboxylic acids is 2. The number of ketones is 1. The summed E-state index contributed by atoms with van der Waals surface area (Å²) in [6, 6.07) is 10.4. The lowest BCUT2D eigenvalue weighted by Gasteiger charge is -2.25. The van der Waals surface area contributed by atoms with Crippen molar-refractivity contribution in [2.75, 3.05) is 13.1 Å². The number of likely N-dealkylation sites (tertiary alicyclic amines) is 1. The molecule has 2 N–H and O–H groups in total. The van der Waals surface area contributed by atoms with Gasteiger partial charge in [0.05, 0.1) is 5.41 Å². The van der Waals surface area contributed by atoms with E-state index in [0.29, 0.717) is 5.78 Å². The van der Waals surface area contributed by atoms with Crippen molar-refractivity contribution in [1.29, 1.82) is 0 Å². The molecular weight excluding hydrogens is 346 g/mol. The monoisotopic (exact) mass is 371 g/mol. The maximum absolute atomic E-state index is 11.0. The zero-order valence-electron chi connectivity index (χ0n) is 15.4. The molecule has 3 rings (SSSR count). The molecule has 27 heavy (non-hydrogen) atoms. The molecule has 0 radical (unpaired) electrons. The summed E-state index contributed by atoms with van der Waals surface area (Å²) in [5, 5.41) is 17.5. The Morgan fingerprint density at radius 2 is 1.74 bits per heavy atom. The first-order valence-corrected chi connectivity index (χ1v) is 8.93. The van der Waals surface area contributed by atoms with E-state index in [1.807, 2.05) is 6.07 Å². The number of benzene rings is 1. The van der Waals surface area contributed by atoms with E-state index in [9.17, 15) is 14.4 Å². The minimum absolute atomic E-state index is 0.0359. The molecule has 1 atom stereocenters. The van der Waals surface area contributed by atoms with Crippen LogP contribution in [0.4, 0.5) is 0 Å². The van der Waals surface area contributed by atoms with Gasteiger partial charge in [-0.15, -0.1) is 0 Å². The molecule has 1 saturated heterocycles. The van der Waals surface area contributed by atoms with Crippen molar-refractivity contribution in [1.82, 2.24) is 4.90 Å². The van der Waals surface area contributed by atoms with Crippen molar-refractivity contribution < 1.29 is 24.6 Å². The molecule has 0 saturated carbocycles. The van der Waals surface area contributed by atoms with Gasteiger partial charge < -0.3 is 10.2 Å². The van der Waals surface area contributed by atoms with E-state index in [0.717, 1.165) is 32.5 Å². The first kappa shape index (κ1) is 20.6. The number of hydrogen-bond donors (Lipinski definition) is 2. The fraction of sp³-hybridized carbons (Fsp3) is 0.381. The third-order valence-corrected chi connectivity index (χ3v) is 4.75. The minimum atomic E-state index is -1.08. The van der Waals surface area contributed by atoms with Gasteiger partial charge in [0.25, 0.3) is 0 Å². The Kier molecular flexibility index (Phi) is 7.07. The predicted molar refractivity (Wildman–Crippen MR) is 101 cm³/mol. The second kappa shape index (κ2) is 9.28. The molecule has 0 bridgehead atoms. The Labute approximate surface area is 158 Å². The van der Waals surface area contributed by atoms with E-state index in [2.05, 4.69) is 29.2 Å². The number of piperidine rings is 1. The summed E-state index contributed by atoms with van der Waals surface area (Å²) < 4.78 is 0. The van der Waals surface area contributed by atoms with E-state index >= 15 is 0 Å². The molecule has 1 fully saturated rings. The van der Waals surface area contributed by atoms with Gasteiger partial charge >= 0.3 is 11.9 Å². The van der Waals surface area contributed by atoms with Crippen molar-refractivity contribution >= 4 is 17.7 Å². The van der Waals surface area contributed by atoms with Gasteiger partial charge in [0.2, 0.25) is 0 Å². The topological polar surface area (TPSA) is 94.9 Å². The fourth-order valence-electron chi connectivity index (χ4n) is 2.99. The lowest BCUT2D eigenvalue weighted by Crippen LogP contribution is -2.33. The number of carbonyl (C=O) groups is 3. The molecule has 2 aliphatic rings. The normalized spacial score (nSPS) is 22.4. The Morgan fingerprint density at radius 1 is 1.11 bits per heavy atom. The molecule has 1 unspecified atom stereocenters. The van der Waals surface area contributed by atoms with E-state index in [1.54, 1.807) is 0 Å². The third-order valence-electron chi connectivity index (χ3n) is 4.75. The molecule has 1 heterocycles. The van der Waals surface area contributed by atoms with Crippen LogP contribution in [0.15, 0.2) is 54.1 Å². The van der Waals surface area contributed by atoms with Crippen LogP contribution in [-0.2, 0) is 20.9 Å². The van der Waals surface area contributed by atoms with Crippen molar-refractivity contribution in [2.45, 2.75) is 32.7 Å². The van der Waals surface area contributed by atoms with Crippen molar-refractivity contribution in [2.24, 2.45) is 5.41 Å². The molecule has 0 aromatic heterocycles. The zero-order chi connectivity index (χ0) is 19.9. The Hall–Kier alpha value is -2.73. The van der Waals surface area contributed by atoms with Gasteiger partial charge in [-0.25, -0.2) is 4.79 Å². The van der Waals surface area contributed by atoms with Crippen molar-refractivity contribution in [3.63, 3.8) is 0 Å². The van der Waals surface area contributed by atoms with E-state index in [4.69, 9.17) is 10.2 Å². The van der Waals surface area contributed by atoms with Gasteiger partial charge in [-0.3, -0.25) is 14.5 Å². The molecule has 6 nitrogen and oxygen atoms in total. The molecule has 0 spiro atoms. The number of hydrogen-bond acceptors (Lipinski definition) is 4. The number of rotatable bonds is 4. The SMILES string of the molecule is CC1(C(=O)O)C=CC=C(C(=O)O)C1.O=C1CCN(Cc2ccccc2)CC1. The Morgan fingerprint density at radius 3 is 2.30 bits per heavy atom. The zero-order valence-corrected chi connectivity index (χ0v) is 15.4. The summed E-state index contributed by atoms with van der Waals surface area (Å²) in [6.45, 7) is 4.33. The lowest BCUT2D eigenvalue weighted by atomic mass is 9.80. The lowest BCUT2D eigenvalue weighted by molar-refractivity contribution is -0.145. The second-order valence-corrected chi connectivity index (χ2v) is 7.06. The number of nitrogens with zero attached hydrogens (tertiary/aromatic N) is 1. The molecule has 6 heteroatoms. The Bertz CT molecular complexity index is 743. The van der Waals surface area contributed by atoms with Crippen LogP contribution in [0, 0.1) is 5.41 Å². The van der Waals surface area contributed by atoms with Crippen LogP contribution >= 0.6 is 0 Å². The maximum atomic E-state index is 11.0. The maximum Gasteiger partial charge on any atom is 0.331 e. The quantitative estimate of drug-likeness (QED) is 0.845. The number of allylic oxidation sites excluding steroid dienone is 2. The number of Topliss-reactive ketones (excluding diaryl/α,β-unsaturated/α-hetero) is 1. The van der Waals surface area contributed by atoms with Gasteiger partial charge in [-0.05, 0) is 18.9 Å². The summed E-state index contributed by atoms with van der Waals surface area (Å²) in [5.41, 5.74) is 0.386. The van der Waals surface area contributed by atoms with Crippen LogP contribution in [0.5, 0.6) is 0 Å². The van der Waals surface area contributed by atoms with Crippen LogP contribution in [0.1, 0.15) is 31.7 Å². The number of aliphatic carboxylic acids is 2. The molecule has 1 aromatic rings. The van der Waals surface area contributed by atoms with E-state index < -0.39 is 17.4 Å².